The van der Waals surface area contributed by atoms with E-state index in [4.69, 9.17) is 0 Å². The Kier molecular flexibility index (Phi) is 4.86. The fourth-order valence-electron chi connectivity index (χ4n) is 0.782. The quantitative estimate of drug-likeness (QED) is 0.592. The lowest BCUT2D eigenvalue weighted by Crippen LogP contribution is -2.27. The molecular formula is C8H18N2O. The average molecular weight is 158 g/mol. The Labute approximate surface area is 69.0 Å². The second-order valence-corrected chi connectivity index (χ2v) is 3.10. The fraction of sp³-hybridized carbons (Fsp3) is 0.875. The number of amides is 1. The second-order valence-electron chi connectivity index (χ2n) is 3.10. The third kappa shape index (κ3) is 5.85. The van der Waals surface area contributed by atoms with Crippen molar-refractivity contribution in [3.8, 4) is 0 Å². The summed E-state index contributed by atoms with van der Waals surface area (Å²) in [4.78, 5) is 14.6. The van der Waals surface area contributed by atoms with Crippen LogP contribution in [0.4, 0.5) is 0 Å². The first kappa shape index (κ1) is 10.4. The first-order valence-electron chi connectivity index (χ1n) is 3.90. The van der Waals surface area contributed by atoms with Gasteiger partial charge < -0.3 is 9.80 Å². The molecule has 0 aliphatic rings. The zero-order chi connectivity index (χ0) is 8.85. The van der Waals surface area contributed by atoms with Gasteiger partial charge in [0.25, 0.3) is 0 Å². The zero-order valence-electron chi connectivity index (χ0n) is 7.92. The standard InChI is InChI=1S/C8H18N2O/c1-8(11)10(4)7-5-6-9(2)3/h5-7H2,1-4H3. The van der Waals surface area contributed by atoms with Crippen LogP contribution in [0.5, 0.6) is 0 Å². The van der Waals surface area contributed by atoms with E-state index in [1.807, 2.05) is 21.1 Å². The smallest absolute Gasteiger partial charge is 0.219 e. The van der Waals surface area contributed by atoms with Gasteiger partial charge in [-0.2, -0.15) is 0 Å². The van der Waals surface area contributed by atoms with Crippen LogP contribution in [-0.4, -0.2) is 49.9 Å². The van der Waals surface area contributed by atoms with Gasteiger partial charge in [-0.25, -0.2) is 0 Å². The number of hydrogen-bond acceptors (Lipinski definition) is 2. The summed E-state index contributed by atoms with van der Waals surface area (Å²) in [6.07, 6.45) is 1.04. The van der Waals surface area contributed by atoms with E-state index in [2.05, 4.69) is 4.90 Å². The molecule has 0 radical (unpaired) electrons. The van der Waals surface area contributed by atoms with E-state index in [1.165, 1.54) is 0 Å². The van der Waals surface area contributed by atoms with Crippen molar-refractivity contribution >= 4 is 5.91 Å². The van der Waals surface area contributed by atoms with Gasteiger partial charge in [0.05, 0.1) is 0 Å². The van der Waals surface area contributed by atoms with E-state index >= 15 is 0 Å². The lowest BCUT2D eigenvalue weighted by atomic mass is 10.4. The van der Waals surface area contributed by atoms with Gasteiger partial charge in [-0.3, -0.25) is 4.79 Å². The Morgan fingerprint density at radius 1 is 1.18 bits per heavy atom. The molecule has 66 valence electrons. The van der Waals surface area contributed by atoms with Gasteiger partial charge >= 0.3 is 0 Å². The van der Waals surface area contributed by atoms with E-state index in [-0.39, 0.29) is 5.91 Å². The third-order valence-corrected chi connectivity index (χ3v) is 1.64. The number of carbonyl (C=O) groups excluding carboxylic acids is 1. The van der Waals surface area contributed by atoms with Gasteiger partial charge in [0, 0.05) is 20.5 Å². The molecule has 0 aliphatic heterocycles. The predicted molar refractivity (Wildman–Crippen MR) is 46.5 cm³/mol. The van der Waals surface area contributed by atoms with Gasteiger partial charge in [0.1, 0.15) is 0 Å². The summed E-state index contributed by atoms with van der Waals surface area (Å²) in [6.45, 7) is 3.49. The Morgan fingerprint density at radius 2 is 1.73 bits per heavy atom. The summed E-state index contributed by atoms with van der Waals surface area (Å²) < 4.78 is 0. The van der Waals surface area contributed by atoms with Crippen LogP contribution in [0.15, 0.2) is 0 Å². The summed E-state index contributed by atoms with van der Waals surface area (Å²) in [5.74, 6) is 0.142. The van der Waals surface area contributed by atoms with Crippen LogP contribution in [0.1, 0.15) is 13.3 Å². The normalized spacial score (nSPS) is 10.3. The maximum absolute atomic E-state index is 10.7. The Balaban J connectivity index is 3.31. The maximum Gasteiger partial charge on any atom is 0.219 e. The molecule has 0 N–H and O–H groups in total. The SMILES string of the molecule is CC(=O)N(C)CCCN(C)C. The first-order valence-corrected chi connectivity index (χ1v) is 3.90. The monoisotopic (exact) mass is 158 g/mol. The van der Waals surface area contributed by atoms with E-state index in [9.17, 15) is 4.79 Å². The van der Waals surface area contributed by atoms with Crippen LogP contribution in [0, 0.1) is 0 Å². The fourth-order valence-corrected chi connectivity index (χ4v) is 0.782. The lowest BCUT2D eigenvalue weighted by molar-refractivity contribution is -0.127. The molecule has 0 bridgehead atoms. The summed E-state index contributed by atoms with van der Waals surface area (Å²) in [6, 6.07) is 0. The molecule has 0 aliphatic carbocycles. The highest BCUT2D eigenvalue weighted by Crippen LogP contribution is 1.89. The van der Waals surface area contributed by atoms with Crippen molar-refractivity contribution in [2.24, 2.45) is 0 Å². The van der Waals surface area contributed by atoms with Gasteiger partial charge in [-0.05, 0) is 27.1 Å². The molecule has 0 aromatic rings. The minimum absolute atomic E-state index is 0.142. The number of nitrogens with zero attached hydrogens (tertiary/aromatic N) is 2. The van der Waals surface area contributed by atoms with Crippen molar-refractivity contribution in [3.05, 3.63) is 0 Å². The molecule has 0 atom stereocenters. The number of rotatable bonds is 4. The zero-order valence-corrected chi connectivity index (χ0v) is 7.92. The van der Waals surface area contributed by atoms with Crippen molar-refractivity contribution in [1.29, 1.82) is 0 Å². The Morgan fingerprint density at radius 3 is 2.09 bits per heavy atom. The van der Waals surface area contributed by atoms with Crippen molar-refractivity contribution < 1.29 is 4.79 Å². The second kappa shape index (κ2) is 5.13. The van der Waals surface area contributed by atoms with Gasteiger partial charge in [0.15, 0.2) is 0 Å². The van der Waals surface area contributed by atoms with Crippen molar-refractivity contribution in [2.45, 2.75) is 13.3 Å². The molecule has 0 rings (SSSR count). The van der Waals surface area contributed by atoms with Crippen molar-refractivity contribution in [2.75, 3.05) is 34.2 Å². The highest BCUT2D eigenvalue weighted by molar-refractivity contribution is 5.72. The van der Waals surface area contributed by atoms with Crippen LogP contribution in [0.2, 0.25) is 0 Å². The summed E-state index contributed by atoms with van der Waals surface area (Å²) >= 11 is 0. The van der Waals surface area contributed by atoms with Crippen LogP contribution in [0.3, 0.4) is 0 Å². The molecule has 0 fully saturated rings. The molecule has 3 nitrogen and oxygen atoms in total. The third-order valence-electron chi connectivity index (χ3n) is 1.64. The van der Waals surface area contributed by atoms with Gasteiger partial charge in [0.2, 0.25) is 5.91 Å². The molecule has 0 saturated heterocycles. The van der Waals surface area contributed by atoms with E-state index in [0.717, 1.165) is 19.5 Å². The lowest BCUT2D eigenvalue weighted by Gasteiger charge is -2.16. The summed E-state index contributed by atoms with van der Waals surface area (Å²) in [5, 5.41) is 0. The Hall–Kier alpha value is -0.570. The van der Waals surface area contributed by atoms with E-state index in [1.54, 1.807) is 11.8 Å². The van der Waals surface area contributed by atoms with Crippen molar-refractivity contribution in [1.82, 2.24) is 9.80 Å². The minimum atomic E-state index is 0.142. The molecule has 0 aromatic carbocycles. The molecule has 1 amide bonds. The van der Waals surface area contributed by atoms with Crippen LogP contribution < -0.4 is 0 Å². The van der Waals surface area contributed by atoms with Gasteiger partial charge in [-0.15, -0.1) is 0 Å². The molecule has 3 heteroatoms. The highest BCUT2D eigenvalue weighted by atomic mass is 16.2. The summed E-state index contributed by atoms with van der Waals surface area (Å²) in [7, 11) is 5.90. The van der Waals surface area contributed by atoms with E-state index < -0.39 is 0 Å². The molecule has 0 aromatic heterocycles. The highest BCUT2D eigenvalue weighted by Gasteiger charge is 2.00. The van der Waals surface area contributed by atoms with Crippen LogP contribution >= 0.6 is 0 Å². The largest absolute Gasteiger partial charge is 0.346 e. The molecule has 0 heterocycles. The number of carbonyl (C=O) groups is 1. The minimum Gasteiger partial charge on any atom is -0.346 e. The molecule has 0 unspecified atom stereocenters. The Bertz CT molecular complexity index is 123. The molecule has 0 spiro atoms. The van der Waals surface area contributed by atoms with E-state index in [0.29, 0.717) is 0 Å². The molecule has 0 saturated carbocycles. The topological polar surface area (TPSA) is 23.6 Å². The van der Waals surface area contributed by atoms with Crippen molar-refractivity contribution in [3.63, 3.8) is 0 Å². The van der Waals surface area contributed by atoms with Gasteiger partial charge in [-0.1, -0.05) is 0 Å². The summed E-state index contributed by atoms with van der Waals surface area (Å²) in [5.41, 5.74) is 0. The predicted octanol–water partition coefficient (Wildman–Crippen LogP) is 0.416. The average Bonchev–Trinajstić information content (AvgIpc) is 1.86. The first-order chi connectivity index (χ1) is 5.04. The molecular weight excluding hydrogens is 140 g/mol. The number of hydrogen-bond donors (Lipinski definition) is 0. The molecule has 11 heavy (non-hydrogen) atoms. The van der Waals surface area contributed by atoms with Crippen LogP contribution in [-0.2, 0) is 4.79 Å². The maximum atomic E-state index is 10.7. The van der Waals surface area contributed by atoms with Crippen LogP contribution in [0.25, 0.3) is 0 Å².